The van der Waals surface area contributed by atoms with Gasteiger partial charge in [-0.15, -0.1) is 12.4 Å². The van der Waals surface area contributed by atoms with Crippen molar-refractivity contribution in [3.63, 3.8) is 0 Å². The van der Waals surface area contributed by atoms with Crippen LogP contribution in [0.25, 0.3) is 0 Å². The number of halogens is 1. The minimum absolute atomic E-state index is 0. The van der Waals surface area contributed by atoms with Crippen molar-refractivity contribution in [2.24, 2.45) is 5.92 Å². The molecule has 0 bridgehead atoms. The molecule has 1 aliphatic rings. The highest BCUT2D eigenvalue weighted by molar-refractivity contribution is 7.93. The Morgan fingerprint density at radius 2 is 1.89 bits per heavy atom. The number of piperidine rings is 1. The summed E-state index contributed by atoms with van der Waals surface area (Å²) in [5.41, 5.74) is 0. The summed E-state index contributed by atoms with van der Waals surface area (Å²) in [6.45, 7) is 2.36. The average molecular weight is 335 g/mol. The summed E-state index contributed by atoms with van der Waals surface area (Å²) in [5, 5.41) is 3.27. The molecule has 6 nitrogen and oxygen atoms in total. The van der Waals surface area contributed by atoms with Crippen LogP contribution in [0.2, 0.25) is 0 Å². The van der Waals surface area contributed by atoms with E-state index in [0.29, 0.717) is 12.5 Å². The predicted molar refractivity (Wildman–Crippen MR) is 79.0 cm³/mol. The Balaban J connectivity index is 0.00000324. The van der Waals surface area contributed by atoms with E-state index in [1.165, 1.54) is 0 Å². The lowest BCUT2D eigenvalue weighted by Gasteiger charge is -2.22. The fourth-order valence-electron chi connectivity index (χ4n) is 1.92. The third-order valence-corrected chi connectivity index (χ3v) is 5.59. The lowest BCUT2D eigenvalue weighted by atomic mass is 9.96. The molecule has 1 aliphatic heterocycles. The summed E-state index contributed by atoms with van der Waals surface area (Å²) >= 11 is 0. The van der Waals surface area contributed by atoms with Crippen LogP contribution >= 0.6 is 12.4 Å². The summed E-state index contributed by atoms with van der Waals surface area (Å²) < 4.78 is 47.3. The molecule has 2 N–H and O–H groups in total. The smallest absolute Gasteiger partial charge is 0.212 e. The Bertz CT molecular complexity index is 444. The number of nitrogens with one attached hydrogen (secondary N) is 2. The standard InChI is InChI=1S/C10H22N2O4S2.ClH/c1-17(13,14)7-8-18(15,16)12-6-4-10-3-2-5-11-9-10;/h10-12H,2-9H2,1H3;1H. The van der Waals surface area contributed by atoms with Crippen molar-refractivity contribution < 1.29 is 16.8 Å². The molecule has 1 saturated heterocycles. The molecule has 19 heavy (non-hydrogen) atoms. The van der Waals surface area contributed by atoms with Crippen LogP contribution in [-0.4, -0.2) is 54.2 Å². The van der Waals surface area contributed by atoms with Gasteiger partial charge in [0.2, 0.25) is 10.0 Å². The van der Waals surface area contributed by atoms with Gasteiger partial charge in [0.05, 0.1) is 11.5 Å². The van der Waals surface area contributed by atoms with E-state index in [-0.39, 0.29) is 23.9 Å². The van der Waals surface area contributed by atoms with Crippen LogP contribution < -0.4 is 10.0 Å². The molecule has 0 aliphatic carbocycles. The summed E-state index contributed by atoms with van der Waals surface area (Å²) in [5.74, 6) is -0.168. The predicted octanol–water partition coefficient (Wildman–Crippen LogP) is -0.238. The van der Waals surface area contributed by atoms with Crippen LogP contribution in [0.3, 0.4) is 0 Å². The van der Waals surface area contributed by atoms with E-state index in [1.807, 2.05) is 0 Å². The molecule has 0 saturated carbocycles. The molecular formula is C10H23ClN2O4S2. The summed E-state index contributed by atoms with van der Waals surface area (Å²) in [7, 11) is -6.70. The summed E-state index contributed by atoms with van der Waals surface area (Å²) in [4.78, 5) is 0. The van der Waals surface area contributed by atoms with Crippen molar-refractivity contribution in [3.05, 3.63) is 0 Å². The molecular weight excluding hydrogens is 312 g/mol. The second-order valence-corrected chi connectivity index (χ2v) is 9.03. The lowest BCUT2D eigenvalue weighted by molar-refractivity contribution is 0.358. The number of sulfonamides is 1. The zero-order valence-corrected chi connectivity index (χ0v) is 13.5. The van der Waals surface area contributed by atoms with Crippen LogP contribution in [-0.2, 0) is 19.9 Å². The third kappa shape index (κ3) is 9.61. The first kappa shape index (κ1) is 19.1. The molecule has 0 aromatic heterocycles. The van der Waals surface area contributed by atoms with Gasteiger partial charge in [0.15, 0.2) is 0 Å². The van der Waals surface area contributed by atoms with Gasteiger partial charge in [-0.3, -0.25) is 0 Å². The van der Waals surface area contributed by atoms with E-state index < -0.39 is 19.9 Å². The maximum atomic E-state index is 11.5. The van der Waals surface area contributed by atoms with E-state index in [9.17, 15) is 16.8 Å². The van der Waals surface area contributed by atoms with Crippen LogP contribution in [0.15, 0.2) is 0 Å². The van der Waals surface area contributed by atoms with Gasteiger partial charge in [0.25, 0.3) is 0 Å². The molecule has 1 rings (SSSR count). The molecule has 0 aromatic rings. The molecule has 1 heterocycles. The Kier molecular flexibility index (Phi) is 8.46. The largest absolute Gasteiger partial charge is 0.316 e. The molecule has 0 aromatic carbocycles. The summed E-state index contributed by atoms with van der Waals surface area (Å²) in [6.07, 6.45) is 4.09. The molecule has 1 atom stereocenters. The van der Waals surface area contributed by atoms with Gasteiger partial charge in [0.1, 0.15) is 9.84 Å². The highest BCUT2D eigenvalue weighted by atomic mass is 35.5. The maximum absolute atomic E-state index is 11.5. The highest BCUT2D eigenvalue weighted by Crippen LogP contribution is 2.12. The van der Waals surface area contributed by atoms with Crippen LogP contribution in [0, 0.1) is 5.92 Å². The minimum atomic E-state index is -3.47. The molecule has 0 amide bonds. The fourth-order valence-corrected chi connectivity index (χ4v) is 4.58. The van der Waals surface area contributed by atoms with Gasteiger partial charge in [-0.2, -0.15) is 0 Å². The van der Waals surface area contributed by atoms with Crippen LogP contribution in [0.5, 0.6) is 0 Å². The molecule has 1 fully saturated rings. The van der Waals surface area contributed by atoms with Crippen LogP contribution in [0.1, 0.15) is 19.3 Å². The van der Waals surface area contributed by atoms with Gasteiger partial charge in [-0.25, -0.2) is 21.6 Å². The first-order chi connectivity index (χ1) is 8.29. The van der Waals surface area contributed by atoms with E-state index in [2.05, 4.69) is 10.0 Å². The van der Waals surface area contributed by atoms with Crippen molar-refractivity contribution in [3.8, 4) is 0 Å². The van der Waals surface area contributed by atoms with Gasteiger partial charge in [0, 0.05) is 12.8 Å². The molecule has 0 spiro atoms. The normalized spacial score (nSPS) is 20.8. The van der Waals surface area contributed by atoms with Crippen molar-refractivity contribution in [1.29, 1.82) is 0 Å². The second kappa shape index (κ2) is 8.41. The number of sulfone groups is 1. The first-order valence-corrected chi connectivity index (χ1v) is 9.85. The molecule has 1 unspecified atom stereocenters. The van der Waals surface area contributed by atoms with Crippen molar-refractivity contribution >= 4 is 32.3 Å². The first-order valence-electron chi connectivity index (χ1n) is 6.14. The van der Waals surface area contributed by atoms with Gasteiger partial charge >= 0.3 is 0 Å². The van der Waals surface area contributed by atoms with Gasteiger partial charge in [-0.1, -0.05) is 0 Å². The second-order valence-electron chi connectivity index (χ2n) is 4.84. The molecule has 116 valence electrons. The third-order valence-electron chi connectivity index (χ3n) is 3.00. The number of hydrogen-bond acceptors (Lipinski definition) is 5. The van der Waals surface area contributed by atoms with Crippen molar-refractivity contribution in [1.82, 2.24) is 10.0 Å². The highest BCUT2D eigenvalue weighted by Gasteiger charge is 2.16. The van der Waals surface area contributed by atoms with Crippen LogP contribution in [0.4, 0.5) is 0 Å². The maximum Gasteiger partial charge on any atom is 0.212 e. The van der Waals surface area contributed by atoms with E-state index in [1.54, 1.807) is 0 Å². The van der Waals surface area contributed by atoms with E-state index in [4.69, 9.17) is 0 Å². The zero-order chi connectivity index (χ0) is 13.6. The Hall–Kier alpha value is 0.110. The minimum Gasteiger partial charge on any atom is -0.316 e. The number of hydrogen-bond donors (Lipinski definition) is 2. The van der Waals surface area contributed by atoms with Crippen molar-refractivity contribution in [2.75, 3.05) is 37.4 Å². The Labute approximate surface area is 122 Å². The topological polar surface area (TPSA) is 92.3 Å². The quantitative estimate of drug-likeness (QED) is 0.670. The van der Waals surface area contributed by atoms with Gasteiger partial charge < -0.3 is 5.32 Å². The lowest BCUT2D eigenvalue weighted by Crippen LogP contribution is -2.34. The van der Waals surface area contributed by atoms with E-state index in [0.717, 1.165) is 38.6 Å². The number of rotatable bonds is 7. The van der Waals surface area contributed by atoms with Crippen molar-refractivity contribution in [2.45, 2.75) is 19.3 Å². The summed E-state index contributed by atoms with van der Waals surface area (Å²) in [6, 6.07) is 0. The van der Waals surface area contributed by atoms with E-state index >= 15 is 0 Å². The zero-order valence-electron chi connectivity index (χ0n) is 11.1. The molecule has 0 radical (unpaired) electrons. The molecule has 9 heteroatoms. The average Bonchev–Trinajstić information content (AvgIpc) is 2.27. The van der Waals surface area contributed by atoms with Gasteiger partial charge in [-0.05, 0) is 38.3 Å². The Morgan fingerprint density at radius 3 is 2.42 bits per heavy atom. The monoisotopic (exact) mass is 334 g/mol. The fraction of sp³-hybridized carbons (Fsp3) is 1.00. The SMILES string of the molecule is CS(=O)(=O)CCS(=O)(=O)NCCC1CCCNC1.Cl. The Morgan fingerprint density at radius 1 is 1.21 bits per heavy atom.